The number of ether oxygens (including phenoxy) is 1. The Hall–Kier alpha value is -2.88. The van der Waals surface area contributed by atoms with Crippen LogP contribution in [0.3, 0.4) is 0 Å². The summed E-state index contributed by atoms with van der Waals surface area (Å²) in [4.78, 5) is 22.7. The van der Waals surface area contributed by atoms with Crippen LogP contribution in [0.5, 0.6) is 0 Å². The van der Waals surface area contributed by atoms with Crippen molar-refractivity contribution in [2.45, 2.75) is 31.6 Å². The van der Waals surface area contributed by atoms with Gasteiger partial charge in [0, 0.05) is 17.7 Å². The number of carbonyl (C=O) groups is 2. The fourth-order valence-electron chi connectivity index (χ4n) is 1.95. The molecule has 140 valence electrons. The number of esters is 1. The van der Waals surface area contributed by atoms with Crippen LogP contribution in [0, 0.1) is 13.8 Å². The fraction of sp³-hybridized carbons (Fsp3) is 0.312. The summed E-state index contributed by atoms with van der Waals surface area (Å²) in [5.74, 6) is -0.801. The Balaban J connectivity index is 2.02. The van der Waals surface area contributed by atoms with Gasteiger partial charge in [0.25, 0.3) is 10.0 Å². The Morgan fingerprint density at radius 3 is 2.35 bits per heavy atom. The predicted octanol–water partition coefficient (Wildman–Crippen LogP) is 1.98. The lowest BCUT2D eigenvalue weighted by Crippen LogP contribution is -2.15. The summed E-state index contributed by atoms with van der Waals surface area (Å²) in [5, 5.41) is 6.27. The summed E-state index contributed by atoms with van der Waals surface area (Å²) in [6.45, 7) is 3.39. The van der Waals surface area contributed by atoms with Crippen molar-refractivity contribution in [2.75, 3.05) is 17.1 Å². The highest BCUT2D eigenvalue weighted by Crippen LogP contribution is 2.22. The van der Waals surface area contributed by atoms with Crippen molar-refractivity contribution < 1.29 is 27.3 Å². The minimum Gasteiger partial charge on any atom is -0.469 e. The van der Waals surface area contributed by atoms with Crippen LogP contribution in [0.15, 0.2) is 33.7 Å². The van der Waals surface area contributed by atoms with E-state index in [1.807, 2.05) is 0 Å². The molecule has 1 amide bonds. The van der Waals surface area contributed by atoms with Gasteiger partial charge in [0.1, 0.15) is 0 Å². The second-order valence-corrected chi connectivity index (χ2v) is 7.16. The Kier molecular flexibility index (Phi) is 5.98. The van der Waals surface area contributed by atoms with Crippen molar-refractivity contribution in [3.8, 4) is 0 Å². The van der Waals surface area contributed by atoms with Gasteiger partial charge in [-0.15, -0.1) is 0 Å². The topological polar surface area (TPSA) is 128 Å². The molecule has 0 saturated heterocycles. The summed E-state index contributed by atoms with van der Waals surface area (Å²) >= 11 is 0. The van der Waals surface area contributed by atoms with Crippen LogP contribution in [0.1, 0.15) is 24.1 Å². The minimum atomic E-state index is -3.85. The maximum atomic E-state index is 12.4. The molecular formula is C16H19N3O6S. The lowest BCUT2D eigenvalue weighted by molar-refractivity contribution is -0.141. The second-order valence-electron chi connectivity index (χ2n) is 5.48. The van der Waals surface area contributed by atoms with Gasteiger partial charge in [0.15, 0.2) is 0 Å². The van der Waals surface area contributed by atoms with Gasteiger partial charge < -0.3 is 14.6 Å². The fourth-order valence-corrected chi connectivity index (χ4v) is 3.00. The first-order valence-corrected chi connectivity index (χ1v) is 9.13. The highest BCUT2D eigenvalue weighted by atomic mass is 32.2. The SMILES string of the molecule is COC(=O)CCC(=O)Nc1ccc(S(=O)(=O)Nc2onc(C)c2C)cc1. The van der Waals surface area contributed by atoms with Gasteiger partial charge in [-0.3, -0.25) is 9.59 Å². The number of aromatic nitrogens is 1. The summed E-state index contributed by atoms with van der Waals surface area (Å²) in [6.07, 6.45) is -0.0624. The first-order valence-electron chi connectivity index (χ1n) is 7.65. The molecule has 0 aliphatic rings. The number of benzene rings is 1. The molecule has 0 atom stereocenters. The van der Waals surface area contributed by atoms with Crippen molar-refractivity contribution in [3.63, 3.8) is 0 Å². The minimum absolute atomic E-state index is 0.00138. The molecule has 0 unspecified atom stereocenters. The van der Waals surface area contributed by atoms with E-state index in [1.165, 1.54) is 31.4 Å². The number of aryl methyl sites for hydroxylation is 1. The highest BCUT2D eigenvalue weighted by molar-refractivity contribution is 7.92. The standard InChI is InChI=1S/C16H19N3O6S/c1-10-11(2)18-25-16(10)19-26(22,23)13-6-4-12(5-7-13)17-14(20)8-9-15(21)24-3/h4-7,19H,8-9H2,1-3H3,(H,17,20). The molecule has 0 saturated carbocycles. The number of methoxy groups -OCH3 is 1. The number of rotatable bonds is 7. The maximum Gasteiger partial charge on any atom is 0.306 e. The van der Waals surface area contributed by atoms with Gasteiger partial charge in [0.2, 0.25) is 11.8 Å². The van der Waals surface area contributed by atoms with Crippen LogP contribution in [0.2, 0.25) is 0 Å². The van der Waals surface area contributed by atoms with Gasteiger partial charge >= 0.3 is 5.97 Å². The van der Waals surface area contributed by atoms with E-state index < -0.39 is 16.0 Å². The number of sulfonamides is 1. The number of nitrogens with one attached hydrogen (secondary N) is 2. The van der Waals surface area contributed by atoms with E-state index in [4.69, 9.17) is 4.52 Å². The monoisotopic (exact) mass is 381 g/mol. The van der Waals surface area contributed by atoms with E-state index in [0.717, 1.165) is 0 Å². The van der Waals surface area contributed by atoms with Gasteiger partial charge in [0.05, 0.1) is 24.1 Å². The molecule has 0 bridgehead atoms. The van der Waals surface area contributed by atoms with Crippen LogP contribution >= 0.6 is 0 Å². The van der Waals surface area contributed by atoms with Crippen LogP contribution in [0.25, 0.3) is 0 Å². The lowest BCUT2D eigenvalue weighted by Gasteiger charge is -2.08. The number of anilines is 2. The third kappa shape index (κ3) is 4.82. The number of hydrogen-bond donors (Lipinski definition) is 2. The van der Waals surface area contributed by atoms with Crippen LogP contribution in [-0.4, -0.2) is 32.6 Å². The molecule has 26 heavy (non-hydrogen) atoms. The van der Waals surface area contributed by atoms with Crippen LogP contribution < -0.4 is 10.0 Å². The van der Waals surface area contributed by atoms with Crippen LogP contribution in [0.4, 0.5) is 11.6 Å². The number of hydrogen-bond acceptors (Lipinski definition) is 7. The van der Waals surface area contributed by atoms with E-state index in [9.17, 15) is 18.0 Å². The average Bonchev–Trinajstić information content (AvgIpc) is 2.91. The van der Waals surface area contributed by atoms with E-state index >= 15 is 0 Å². The van der Waals surface area contributed by atoms with Crippen LogP contribution in [-0.2, 0) is 24.3 Å². The maximum absolute atomic E-state index is 12.4. The average molecular weight is 381 g/mol. The lowest BCUT2D eigenvalue weighted by atomic mass is 10.2. The predicted molar refractivity (Wildman–Crippen MR) is 93.1 cm³/mol. The molecule has 1 aromatic carbocycles. The Morgan fingerprint density at radius 2 is 1.81 bits per heavy atom. The van der Waals surface area contributed by atoms with E-state index in [-0.39, 0.29) is 29.5 Å². The summed E-state index contributed by atoms with van der Waals surface area (Å²) < 4.78 is 36.5. The molecule has 0 aliphatic carbocycles. The van der Waals surface area contributed by atoms with E-state index in [1.54, 1.807) is 13.8 Å². The third-order valence-electron chi connectivity index (χ3n) is 3.62. The quantitative estimate of drug-likeness (QED) is 0.702. The zero-order chi connectivity index (χ0) is 19.3. The van der Waals surface area contributed by atoms with Crippen molar-refractivity contribution in [1.29, 1.82) is 0 Å². The molecule has 0 radical (unpaired) electrons. The molecular weight excluding hydrogens is 362 g/mol. The highest BCUT2D eigenvalue weighted by Gasteiger charge is 2.19. The largest absolute Gasteiger partial charge is 0.469 e. The zero-order valence-corrected chi connectivity index (χ0v) is 15.3. The number of amides is 1. The second kappa shape index (κ2) is 8.00. The first-order chi connectivity index (χ1) is 12.2. The van der Waals surface area contributed by atoms with Gasteiger partial charge in [-0.25, -0.2) is 13.1 Å². The molecule has 2 N–H and O–H groups in total. The van der Waals surface area contributed by atoms with Crippen molar-refractivity contribution in [3.05, 3.63) is 35.5 Å². The molecule has 0 fully saturated rings. The van der Waals surface area contributed by atoms with Crippen molar-refractivity contribution in [1.82, 2.24) is 5.16 Å². The normalized spacial score (nSPS) is 11.0. The molecule has 1 heterocycles. The number of carbonyl (C=O) groups excluding carboxylic acids is 2. The smallest absolute Gasteiger partial charge is 0.306 e. The first kappa shape index (κ1) is 19.4. The molecule has 9 nitrogen and oxygen atoms in total. The Morgan fingerprint density at radius 1 is 1.15 bits per heavy atom. The van der Waals surface area contributed by atoms with Gasteiger partial charge in [-0.1, -0.05) is 5.16 Å². The van der Waals surface area contributed by atoms with E-state index in [2.05, 4.69) is 19.9 Å². The Labute approximate surface area is 150 Å². The molecule has 10 heteroatoms. The summed E-state index contributed by atoms with van der Waals surface area (Å²) in [5.41, 5.74) is 1.60. The Bertz CT molecular complexity index is 903. The van der Waals surface area contributed by atoms with E-state index in [0.29, 0.717) is 16.9 Å². The summed E-state index contributed by atoms with van der Waals surface area (Å²) in [7, 11) is -2.61. The molecule has 2 rings (SSSR count). The molecule has 1 aromatic heterocycles. The molecule has 2 aromatic rings. The molecule has 0 aliphatic heterocycles. The third-order valence-corrected chi connectivity index (χ3v) is 4.96. The van der Waals surface area contributed by atoms with Gasteiger partial charge in [-0.2, -0.15) is 0 Å². The van der Waals surface area contributed by atoms with Gasteiger partial charge in [-0.05, 0) is 38.1 Å². The number of nitrogens with zero attached hydrogens (tertiary/aromatic N) is 1. The van der Waals surface area contributed by atoms with Crippen molar-refractivity contribution in [2.24, 2.45) is 0 Å². The summed E-state index contributed by atoms with van der Waals surface area (Å²) in [6, 6.07) is 5.58. The molecule has 0 spiro atoms. The van der Waals surface area contributed by atoms with Crippen molar-refractivity contribution >= 4 is 33.5 Å². The zero-order valence-electron chi connectivity index (χ0n) is 14.5.